The molecular formula is C12H18N2. The normalized spacial score (nSPS) is 12.2. The summed E-state index contributed by atoms with van der Waals surface area (Å²) in [5.41, 5.74) is 8.90. The smallest absolute Gasteiger partial charge is 0.0455 e. The Hall–Kier alpha value is -1.28. The molecule has 3 N–H and O–H groups in total. The lowest BCUT2D eigenvalue weighted by atomic mass is 10.1. The average molecular weight is 190 g/mol. The fourth-order valence-corrected chi connectivity index (χ4v) is 1.18. The maximum absolute atomic E-state index is 5.51. The van der Waals surface area contributed by atoms with Gasteiger partial charge in [-0.2, -0.15) is 0 Å². The van der Waals surface area contributed by atoms with Crippen LogP contribution in [-0.2, 0) is 0 Å². The SMILES string of the molecule is C=C(CN)C(C)Nc1ccc(C)cc1. The van der Waals surface area contributed by atoms with E-state index in [9.17, 15) is 0 Å². The van der Waals surface area contributed by atoms with Crippen molar-refractivity contribution < 1.29 is 0 Å². The molecule has 1 unspecified atom stereocenters. The second-order valence-electron chi connectivity index (χ2n) is 3.59. The van der Waals surface area contributed by atoms with E-state index in [2.05, 4.69) is 50.0 Å². The van der Waals surface area contributed by atoms with Gasteiger partial charge in [-0.15, -0.1) is 0 Å². The second-order valence-corrected chi connectivity index (χ2v) is 3.59. The highest BCUT2D eigenvalue weighted by atomic mass is 14.9. The van der Waals surface area contributed by atoms with Crippen LogP contribution in [0.15, 0.2) is 36.4 Å². The zero-order valence-corrected chi connectivity index (χ0v) is 8.88. The van der Waals surface area contributed by atoms with Gasteiger partial charge in [0.2, 0.25) is 0 Å². The van der Waals surface area contributed by atoms with Gasteiger partial charge >= 0.3 is 0 Å². The molecule has 14 heavy (non-hydrogen) atoms. The van der Waals surface area contributed by atoms with Crippen LogP contribution in [0.5, 0.6) is 0 Å². The number of nitrogens with one attached hydrogen (secondary N) is 1. The van der Waals surface area contributed by atoms with Gasteiger partial charge in [-0.1, -0.05) is 24.3 Å². The molecule has 0 aromatic heterocycles. The molecule has 0 aliphatic heterocycles. The Bertz CT molecular complexity index is 301. The lowest BCUT2D eigenvalue weighted by molar-refractivity contribution is 0.889. The van der Waals surface area contributed by atoms with E-state index in [1.165, 1.54) is 5.56 Å². The summed E-state index contributed by atoms with van der Waals surface area (Å²) < 4.78 is 0. The summed E-state index contributed by atoms with van der Waals surface area (Å²) in [5, 5.41) is 3.34. The van der Waals surface area contributed by atoms with Crippen LogP contribution >= 0.6 is 0 Å². The van der Waals surface area contributed by atoms with Gasteiger partial charge in [-0.25, -0.2) is 0 Å². The van der Waals surface area contributed by atoms with E-state index in [-0.39, 0.29) is 6.04 Å². The van der Waals surface area contributed by atoms with Crippen LogP contribution in [0, 0.1) is 6.92 Å². The molecule has 0 aliphatic rings. The second kappa shape index (κ2) is 4.82. The molecule has 1 aromatic rings. The van der Waals surface area contributed by atoms with Gasteiger partial charge in [-0.3, -0.25) is 0 Å². The van der Waals surface area contributed by atoms with Crippen LogP contribution in [0.1, 0.15) is 12.5 Å². The fourth-order valence-electron chi connectivity index (χ4n) is 1.18. The molecule has 2 heteroatoms. The van der Waals surface area contributed by atoms with Gasteiger partial charge in [0.25, 0.3) is 0 Å². The van der Waals surface area contributed by atoms with Gasteiger partial charge in [-0.05, 0) is 31.6 Å². The quantitative estimate of drug-likeness (QED) is 0.715. The molecule has 0 fully saturated rings. The lowest BCUT2D eigenvalue weighted by Gasteiger charge is -2.16. The van der Waals surface area contributed by atoms with Crippen molar-refractivity contribution >= 4 is 5.69 Å². The van der Waals surface area contributed by atoms with Crippen LogP contribution in [0.4, 0.5) is 5.69 Å². The molecular weight excluding hydrogens is 172 g/mol. The Balaban J connectivity index is 2.60. The van der Waals surface area contributed by atoms with Gasteiger partial charge in [0.05, 0.1) is 0 Å². The topological polar surface area (TPSA) is 38.0 Å². The summed E-state index contributed by atoms with van der Waals surface area (Å²) in [6.45, 7) is 8.57. The molecule has 0 radical (unpaired) electrons. The predicted molar refractivity (Wildman–Crippen MR) is 62.5 cm³/mol. The van der Waals surface area contributed by atoms with E-state index in [1.807, 2.05) is 0 Å². The lowest BCUT2D eigenvalue weighted by Crippen LogP contribution is -2.22. The van der Waals surface area contributed by atoms with Crippen LogP contribution in [-0.4, -0.2) is 12.6 Å². The highest BCUT2D eigenvalue weighted by Crippen LogP contribution is 2.12. The average Bonchev–Trinajstić information content (AvgIpc) is 2.20. The van der Waals surface area contributed by atoms with Crippen LogP contribution in [0.25, 0.3) is 0 Å². The molecule has 0 saturated carbocycles. The summed E-state index contributed by atoms with van der Waals surface area (Å²) >= 11 is 0. The molecule has 0 bridgehead atoms. The third-order valence-corrected chi connectivity index (χ3v) is 2.31. The molecule has 76 valence electrons. The Morgan fingerprint density at radius 3 is 2.50 bits per heavy atom. The van der Waals surface area contributed by atoms with E-state index in [1.54, 1.807) is 0 Å². The predicted octanol–water partition coefficient (Wildman–Crippen LogP) is 2.31. The number of nitrogens with two attached hydrogens (primary N) is 1. The Labute approximate surface area is 85.8 Å². The molecule has 0 spiro atoms. The van der Waals surface area contributed by atoms with Gasteiger partial charge in [0.15, 0.2) is 0 Å². The van der Waals surface area contributed by atoms with Crippen LogP contribution in [0.2, 0.25) is 0 Å². The van der Waals surface area contributed by atoms with Crippen molar-refractivity contribution in [1.29, 1.82) is 0 Å². The molecule has 1 rings (SSSR count). The first-order valence-electron chi connectivity index (χ1n) is 4.84. The van der Waals surface area contributed by atoms with E-state index in [0.29, 0.717) is 6.54 Å². The van der Waals surface area contributed by atoms with Crippen molar-refractivity contribution in [2.75, 3.05) is 11.9 Å². The van der Waals surface area contributed by atoms with Gasteiger partial charge in [0, 0.05) is 18.3 Å². The summed E-state index contributed by atoms with van der Waals surface area (Å²) in [4.78, 5) is 0. The minimum absolute atomic E-state index is 0.225. The third-order valence-electron chi connectivity index (χ3n) is 2.31. The standard InChI is InChI=1S/C12H18N2/c1-9-4-6-12(7-5-9)14-11(3)10(2)8-13/h4-7,11,14H,2,8,13H2,1,3H3. The number of benzene rings is 1. The van der Waals surface area contributed by atoms with Crippen molar-refractivity contribution in [1.82, 2.24) is 0 Å². The van der Waals surface area contributed by atoms with Crippen molar-refractivity contribution in [3.8, 4) is 0 Å². The molecule has 0 heterocycles. The first-order chi connectivity index (χ1) is 6.63. The molecule has 0 saturated heterocycles. The maximum atomic E-state index is 5.51. The van der Waals surface area contributed by atoms with Crippen molar-refractivity contribution in [3.63, 3.8) is 0 Å². The van der Waals surface area contributed by atoms with E-state index in [0.717, 1.165) is 11.3 Å². The highest BCUT2D eigenvalue weighted by Gasteiger charge is 2.03. The van der Waals surface area contributed by atoms with Crippen molar-refractivity contribution in [2.45, 2.75) is 19.9 Å². The van der Waals surface area contributed by atoms with Crippen LogP contribution in [0.3, 0.4) is 0 Å². The van der Waals surface area contributed by atoms with Gasteiger partial charge in [0.1, 0.15) is 0 Å². The minimum Gasteiger partial charge on any atom is -0.379 e. The number of aryl methyl sites for hydroxylation is 1. The summed E-state index contributed by atoms with van der Waals surface area (Å²) in [6, 6.07) is 8.52. The number of anilines is 1. The molecule has 0 aliphatic carbocycles. The first-order valence-corrected chi connectivity index (χ1v) is 4.84. The zero-order chi connectivity index (χ0) is 10.6. The molecule has 1 aromatic carbocycles. The Morgan fingerprint density at radius 1 is 1.43 bits per heavy atom. The Kier molecular flexibility index (Phi) is 3.72. The summed E-state index contributed by atoms with van der Waals surface area (Å²) in [5.74, 6) is 0. The first kappa shape index (κ1) is 10.8. The fraction of sp³-hybridized carbons (Fsp3) is 0.333. The third kappa shape index (κ3) is 2.89. The summed E-state index contributed by atoms with van der Waals surface area (Å²) in [6.07, 6.45) is 0. The number of hydrogen-bond donors (Lipinski definition) is 2. The largest absolute Gasteiger partial charge is 0.379 e. The molecule has 0 amide bonds. The Morgan fingerprint density at radius 2 is 2.00 bits per heavy atom. The molecule has 1 atom stereocenters. The van der Waals surface area contributed by atoms with Crippen LogP contribution < -0.4 is 11.1 Å². The van der Waals surface area contributed by atoms with Gasteiger partial charge < -0.3 is 11.1 Å². The van der Waals surface area contributed by atoms with Crippen molar-refractivity contribution in [3.05, 3.63) is 42.0 Å². The van der Waals surface area contributed by atoms with E-state index >= 15 is 0 Å². The monoisotopic (exact) mass is 190 g/mol. The van der Waals surface area contributed by atoms with E-state index < -0.39 is 0 Å². The van der Waals surface area contributed by atoms with Crippen molar-refractivity contribution in [2.24, 2.45) is 5.73 Å². The maximum Gasteiger partial charge on any atom is 0.0455 e. The molecule has 2 nitrogen and oxygen atoms in total. The number of rotatable bonds is 4. The summed E-state index contributed by atoms with van der Waals surface area (Å²) in [7, 11) is 0. The number of hydrogen-bond acceptors (Lipinski definition) is 2. The highest BCUT2D eigenvalue weighted by molar-refractivity contribution is 5.46. The minimum atomic E-state index is 0.225. The zero-order valence-electron chi connectivity index (χ0n) is 8.88. The van der Waals surface area contributed by atoms with E-state index in [4.69, 9.17) is 5.73 Å².